The van der Waals surface area contributed by atoms with Gasteiger partial charge in [0.05, 0.1) is 5.71 Å². The van der Waals surface area contributed by atoms with E-state index in [-0.39, 0.29) is 5.82 Å². The van der Waals surface area contributed by atoms with Crippen LogP contribution in [0.15, 0.2) is 28.3 Å². The van der Waals surface area contributed by atoms with Gasteiger partial charge < -0.3 is 4.84 Å². The minimum absolute atomic E-state index is 0.229. The fourth-order valence-corrected chi connectivity index (χ4v) is 2.79. The average Bonchev–Trinajstić information content (AvgIpc) is 2.19. The molecule has 4 heteroatoms. The van der Waals surface area contributed by atoms with Crippen molar-refractivity contribution in [2.45, 2.75) is 23.5 Å². The Morgan fingerprint density at radius 3 is 3.07 bits per heavy atom. The summed E-state index contributed by atoms with van der Waals surface area (Å²) in [6, 6.07) is 4.80. The molecule has 0 fully saturated rings. The molecule has 0 aromatic heterocycles. The molecule has 0 saturated carbocycles. The van der Waals surface area contributed by atoms with Crippen LogP contribution in [0.3, 0.4) is 0 Å². The van der Waals surface area contributed by atoms with Crippen molar-refractivity contribution in [1.82, 2.24) is 0 Å². The van der Waals surface area contributed by atoms with Crippen LogP contribution in [0.5, 0.6) is 0 Å². The van der Waals surface area contributed by atoms with Gasteiger partial charge in [0.15, 0.2) is 0 Å². The van der Waals surface area contributed by atoms with E-state index in [2.05, 4.69) is 12.1 Å². The molecule has 1 aliphatic heterocycles. The van der Waals surface area contributed by atoms with Gasteiger partial charge in [-0.1, -0.05) is 12.1 Å². The lowest BCUT2D eigenvalue weighted by Crippen LogP contribution is -2.16. The number of halogens is 1. The van der Waals surface area contributed by atoms with Crippen LogP contribution in [-0.4, -0.2) is 18.1 Å². The van der Waals surface area contributed by atoms with E-state index >= 15 is 0 Å². The van der Waals surface area contributed by atoms with Crippen molar-refractivity contribution in [3.05, 3.63) is 29.6 Å². The molecule has 0 N–H and O–H groups in total. The molecule has 2 nitrogen and oxygen atoms in total. The zero-order valence-electron chi connectivity index (χ0n) is 8.66. The second-order valence-corrected chi connectivity index (χ2v) is 4.97. The fourth-order valence-electron chi connectivity index (χ4n) is 1.67. The van der Waals surface area contributed by atoms with Crippen LogP contribution < -0.4 is 0 Å². The summed E-state index contributed by atoms with van der Waals surface area (Å²) in [5.74, 6) is -0.229. The first kappa shape index (κ1) is 10.5. The summed E-state index contributed by atoms with van der Waals surface area (Å²) in [7, 11) is 1.51. The van der Waals surface area contributed by atoms with Crippen LogP contribution >= 0.6 is 11.8 Å². The fraction of sp³-hybridized carbons (Fsp3) is 0.364. The molecule has 0 aliphatic carbocycles. The molecule has 1 atom stereocenters. The van der Waals surface area contributed by atoms with Gasteiger partial charge in [-0.3, -0.25) is 0 Å². The van der Waals surface area contributed by atoms with Crippen molar-refractivity contribution in [2.24, 2.45) is 5.16 Å². The third-order valence-electron chi connectivity index (χ3n) is 2.26. The number of oxime groups is 1. The largest absolute Gasteiger partial charge is 0.399 e. The van der Waals surface area contributed by atoms with E-state index in [1.54, 1.807) is 17.8 Å². The standard InChI is InChI=1S/C11H12FNOS/c1-7-5-10(13-14-2)9-6-8(12)3-4-11(9)15-7/h3-4,6-7H,5H2,1-2H3/b13-10+. The summed E-state index contributed by atoms with van der Waals surface area (Å²) in [5, 5.41) is 4.41. The Morgan fingerprint density at radius 1 is 1.53 bits per heavy atom. The first-order valence-corrected chi connectivity index (χ1v) is 5.65. The normalized spacial score (nSPS) is 22.6. The molecule has 1 unspecified atom stereocenters. The van der Waals surface area contributed by atoms with E-state index in [1.165, 1.54) is 19.2 Å². The van der Waals surface area contributed by atoms with Gasteiger partial charge in [-0.15, -0.1) is 11.8 Å². The summed E-state index contributed by atoms with van der Waals surface area (Å²) in [6.07, 6.45) is 0.814. The lowest BCUT2D eigenvalue weighted by atomic mass is 10.1. The maximum atomic E-state index is 13.1. The maximum Gasteiger partial charge on any atom is 0.123 e. The molecule has 15 heavy (non-hydrogen) atoms. The molecular formula is C11H12FNOS. The molecule has 0 spiro atoms. The molecule has 1 aliphatic rings. The highest BCUT2D eigenvalue weighted by Crippen LogP contribution is 2.35. The summed E-state index contributed by atoms with van der Waals surface area (Å²) < 4.78 is 13.1. The van der Waals surface area contributed by atoms with Gasteiger partial charge in [-0.25, -0.2) is 4.39 Å². The van der Waals surface area contributed by atoms with E-state index in [0.29, 0.717) is 5.25 Å². The summed E-state index contributed by atoms with van der Waals surface area (Å²) >= 11 is 1.75. The maximum absolute atomic E-state index is 13.1. The van der Waals surface area contributed by atoms with Crippen LogP contribution in [0.25, 0.3) is 0 Å². The van der Waals surface area contributed by atoms with Crippen molar-refractivity contribution in [1.29, 1.82) is 0 Å². The second kappa shape index (κ2) is 4.23. The summed E-state index contributed by atoms with van der Waals surface area (Å²) in [6.45, 7) is 2.13. The smallest absolute Gasteiger partial charge is 0.123 e. The van der Waals surface area contributed by atoms with Crippen molar-refractivity contribution < 1.29 is 9.23 Å². The summed E-state index contributed by atoms with van der Waals surface area (Å²) in [4.78, 5) is 5.86. The Labute approximate surface area is 92.5 Å². The zero-order valence-corrected chi connectivity index (χ0v) is 9.47. The molecule has 0 saturated heterocycles. The number of rotatable bonds is 1. The van der Waals surface area contributed by atoms with Crippen molar-refractivity contribution in [3.8, 4) is 0 Å². The predicted octanol–water partition coefficient (Wildman–Crippen LogP) is 3.06. The molecule has 2 rings (SSSR count). The van der Waals surface area contributed by atoms with E-state index in [0.717, 1.165) is 22.6 Å². The van der Waals surface area contributed by atoms with Crippen LogP contribution in [0.2, 0.25) is 0 Å². The number of thioether (sulfide) groups is 1. The molecule has 0 radical (unpaired) electrons. The van der Waals surface area contributed by atoms with E-state index in [1.807, 2.05) is 0 Å². The number of hydrogen-bond donors (Lipinski definition) is 0. The highest BCUT2D eigenvalue weighted by Gasteiger charge is 2.22. The average molecular weight is 225 g/mol. The first-order chi connectivity index (χ1) is 7.20. The van der Waals surface area contributed by atoms with Gasteiger partial charge in [0, 0.05) is 22.1 Å². The first-order valence-electron chi connectivity index (χ1n) is 4.77. The predicted molar refractivity (Wildman–Crippen MR) is 59.9 cm³/mol. The monoisotopic (exact) mass is 225 g/mol. The number of nitrogens with zero attached hydrogens (tertiary/aromatic N) is 1. The Hall–Kier alpha value is -1.03. The highest BCUT2D eigenvalue weighted by molar-refractivity contribution is 8.00. The van der Waals surface area contributed by atoms with E-state index in [9.17, 15) is 4.39 Å². The Bertz CT molecular complexity index is 406. The molecule has 80 valence electrons. The van der Waals surface area contributed by atoms with Gasteiger partial charge >= 0.3 is 0 Å². The van der Waals surface area contributed by atoms with Gasteiger partial charge in [0.1, 0.15) is 12.9 Å². The van der Waals surface area contributed by atoms with Crippen LogP contribution in [0.1, 0.15) is 18.9 Å². The highest BCUT2D eigenvalue weighted by atomic mass is 32.2. The number of hydrogen-bond acceptors (Lipinski definition) is 3. The number of fused-ring (bicyclic) bond motifs is 1. The molecule has 1 heterocycles. The molecule has 1 aromatic carbocycles. The van der Waals surface area contributed by atoms with Crippen molar-refractivity contribution >= 4 is 17.5 Å². The third kappa shape index (κ3) is 2.15. The minimum Gasteiger partial charge on any atom is -0.399 e. The lowest BCUT2D eigenvalue weighted by Gasteiger charge is -2.21. The Morgan fingerprint density at radius 2 is 2.33 bits per heavy atom. The topological polar surface area (TPSA) is 21.6 Å². The Balaban J connectivity index is 2.48. The van der Waals surface area contributed by atoms with Gasteiger partial charge in [-0.2, -0.15) is 0 Å². The molecule has 1 aromatic rings. The second-order valence-electron chi connectivity index (χ2n) is 3.49. The number of benzene rings is 1. The van der Waals surface area contributed by atoms with E-state index < -0.39 is 0 Å². The quantitative estimate of drug-likeness (QED) is 0.685. The summed E-state index contributed by atoms with van der Waals surface area (Å²) in [5.41, 5.74) is 1.69. The van der Waals surface area contributed by atoms with Gasteiger partial charge in [-0.05, 0) is 18.2 Å². The third-order valence-corrected chi connectivity index (χ3v) is 3.44. The van der Waals surface area contributed by atoms with Gasteiger partial charge in [0.25, 0.3) is 0 Å². The van der Waals surface area contributed by atoms with Crippen LogP contribution in [0.4, 0.5) is 4.39 Å². The Kier molecular flexibility index (Phi) is 2.95. The molecular weight excluding hydrogens is 213 g/mol. The van der Waals surface area contributed by atoms with Crippen molar-refractivity contribution in [2.75, 3.05) is 7.11 Å². The van der Waals surface area contributed by atoms with Gasteiger partial charge in [0.2, 0.25) is 0 Å². The lowest BCUT2D eigenvalue weighted by molar-refractivity contribution is 0.212. The minimum atomic E-state index is -0.229. The van der Waals surface area contributed by atoms with Crippen LogP contribution in [0, 0.1) is 5.82 Å². The molecule has 0 amide bonds. The van der Waals surface area contributed by atoms with Crippen LogP contribution in [-0.2, 0) is 4.84 Å². The van der Waals surface area contributed by atoms with E-state index in [4.69, 9.17) is 4.84 Å². The van der Waals surface area contributed by atoms with Crippen molar-refractivity contribution in [3.63, 3.8) is 0 Å². The zero-order chi connectivity index (χ0) is 10.8. The SMILES string of the molecule is CO/N=C1\CC(C)Sc2ccc(F)cc21. The molecule has 0 bridgehead atoms.